The number of benzene rings is 1. The average Bonchev–Trinajstić information content (AvgIpc) is 2.91. The number of rotatable bonds is 5. The maximum Gasteiger partial charge on any atom is 0.229 e. The number of sulfonamides is 1. The zero-order valence-corrected chi connectivity index (χ0v) is 15.7. The van der Waals surface area contributed by atoms with Gasteiger partial charge in [0.25, 0.3) is 0 Å². The lowest BCUT2D eigenvalue weighted by atomic mass is 10.1. The van der Waals surface area contributed by atoms with E-state index in [9.17, 15) is 8.42 Å². The lowest BCUT2D eigenvalue weighted by Gasteiger charge is -2.09. The van der Waals surface area contributed by atoms with Gasteiger partial charge in [-0.15, -0.1) is 0 Å². The van der Waals surface area contributed by atoms with Crippen molar-refractivity contribution in [1.29, 1.82) is 5.26 Å². The molecule has 1 N–H and O–H groups in total. The van der Waals surface area contributed by atoms with Gasteiger partial charge in [-0.2, -0.15) is 5.26 Å². The van der Waals surface area contributed by atoms with Crippen molar-refractivity contribution in [1.82, 2.24) is 9.55 Å². The maximum absolute atomic E-state index is 11.5. The number of nitrogens with zero attached hydrogens (tertiary/aromatic N) is 3. The molecule has 0 atom stereocenters. The molecule has 0 aliphatic heterocycles. The van der Waals surface area contributed by atoms with Crippen molar-refractivity contribution in [3.05, 3.63) is 48.4 Å². The van der Waals surface area contributed by atoms with Crippen LogP contribution in [0.5, 0.6) is 0 Å². The molecule has 134 valence electrons. The molecule has 2 heterocycles. The van der Waals surface area contributed by atoms with E-state index in [-0.39, 0.29) is 0 Å². The number of nitrogens with one attached hydrogen (secondary N) is 1. The summed E-state index contributed by atoms with van der Waals surface area (Å²) in [5.74, 6) is 0.434. The summed E-state index contributed by atoms with van der Waals surface area (Å²) in [7, 11) is -3.33. The minimum atomic E-state index is -3.33. The Bertz CT molecular complexity index is 1090. The molecule has 0 aliphatic rings. The predicted molar refractivity (Wildman–Crippen MR) is 103 cm³/mol. The first-order valence-electron chi connectivity index (χ1n) is 8.24. The molecule has 0 spiro atoms. The average molecular weight is 368 g/mol. The van der Waals surface area contributed by atoms with Crippen LogP contribution in [0.3, 0.4) is 0 Å². The Morgan fingerprint density at radius 2 is 2.04 bits per heavy atom. The Morgan fingerprint density at radius 3 is 2.62 bits per heavy atom. The number of aromatic nitrogens is 2. The van der Waals surface area contributed by atoms with Gasteiger partial charge in [0.15, 0.2) is 0 Å². The number of fused-ring (bicyclic) bond motifs is 1. The summed E-state index contributed by atoms with van der Waals surface area (Å²) in [6, 6.07) is 11.1. The van der Waals surface area contributed by atoms with Crippen LogP contribution in [0, 0.1) is 17.2 Å². The first-order chi connectivity index (χ1) is 12.3. The largest absolute Gasteiger partial charge is 0.347 e. The summed E-state index contributed by atoms with van der Waals surface area (Å²) in [5, 5.41) is 9.94. The second kappa shape index (κ2) is 6.81. The highest BCUT2D eigenvalue weighted by Crippen LogP contribution is 2.32. The van der Waals surface area contributed by atoms with Crippen LogP contribution in [0.1, 0.15) is 19.5 Å². The number of anilines is 1. The van der Waals surface area contributed by atoms with Crippen LogP contribution in [0.4, 0.5) is 5.69 Å². The maximum atomic E-state index is 11.5. The first kappa shape index (κ1) is 18.0. The quantitative estimate of drug-likeness (QED) is 0.745. The fourth-order valence-corrected chi connectivity index (χ4v) is 3.52. The van der Waals surface area contributed by atoms with Crippen LogP contribution in [0.25, 0.3) is 22.0 Å². The Kier molecular flexibility index (Phi) is 4.70. The van der Waals surface area contributed by atoms with Crippen molar-refractivity contribution < 1.29 is 8.42 Å². The van der Waals surface area contributed by atoms with Crippen LogP contribution in [-0.4, -0.2) is 24.2 Å². The molecule has 2 aromatic heterocycles. The molecule has 7 heteroatoms. The van der Waals surface area contributed by atoms with E-state index in [0.717, 1.165) is 34.8 Å². The van der Waals surface area contributed by atoms with Gasteiger partial charge in [0.1, 0.15) is 11.8 Å². The number of hydrogen-bond acceptors (Lipinski definition) is 4. The van der Waals surface area contributed by atoms with E-state index in [1.54, 1.807) is 18.3 Å². The highest BCUT2D eigenvalue weighted by atomic mass is 32.2. The minimum Gasteiger partial charge on any atom is -0.347 e. The van der Waals surface area contributed by atoms with Gasteiger partial charge in [0.05, 0.1) is 17.5 Å². The zero-order valence-electron chi connectivity index (χ0n) is 14.9. The predicted octanol–water partition coefficient (Wildman–Crippen LogP) is 3.60. The van der Waals surface area contributed by atoms with Crippen molar-refractivity contribution in [3.8, 4) is 17.2 Å². The van der Waals surface area contributed by atoms with E-state index in [1.165, 1.54) is 0 Å². The second-order valence-electron chi connectivity index (χ2n) is 6.74. The summed E-state index contributed by atoms with van der Waals surface area (Å²) < 4.78 is 27.7. The molecule has 0 saturated heterocycles. The van der Waals surface area contributed by atoms with E-state index in [1.807, 2.05) is 24.3 Å². The van der Waals surface area contributed by atoms with Crippen LogP contribution >= 0.6 is 0 Å². The fraction of sp³-hybridized carbons (Fsp3) is 0.263. The minimum absolute atomic E-state index is 0.374. The standard InChI is InChI=1S/C19H20N4O2S/c1-13(2)11-23-12-18(14-4-5-16(9-20)21-10-14)17-7-6-15(8-19(17)23)22-26(3,24)25/h4-8,10,12-13,22H,11H2,1-3H3. The zero-order chi connectivity index (χ0) is 18.9. The van der Waals surface area contributed by atoms with Gasteiger partial charge < -0.3 is 4.57 Å². The van der Waals surface area contributed by atoms with Crippen molar-refractivity contribution in [3.63, 3.8) is 0 Å². The molecule has 0 saturated carbocycles. The van der Waals surface area contributed by atoms with Gasteiger partial charge in [0.2, 0.25) is 10.0 Å². The van der Waals surface area contributed by atoms with E-state index in [2.05, 4.69) is 34.3 Å². The fourth-order valence-electron chi connectivity index (χ4n) is 2.96. The van der Waals surface area contributed by atoms with E-state index in [0.29, 0.717) is 17.3 Å². The Morgan fingerprint density at radius 1 is 1.27 bits per heavy atom. The molecular weight excluding hydrogens is 348 g/mol. The van der Waals surface area contributed by atoms with Gasteiger partial charge in [-0.3, -0.25) is 4.72 Å². The Labute approximate surface area is 153 Å². The van der Waals surface area contributed by atoms with Crippen molar-refractivity contribution in [2.45, 2.75) is 20.4 Å². The van der Waals surface area contributed by atoms with Crippen LogP contribution < -0.4 is 4.72 Å². The molecule has 3 aromatic rings. The van der Waals surface area contributed by atoms with Gasteiger partial charge in [0, 0.05) is 35.5 Å². The summed E-state index contributed by atoms with van der Waals surface area (Å²) in [4.78, 5) is 4.15. The van der Waals surface area contributed by atoms with E-state index in [4.69, 9.17) is 5.26 Å². The van der Waals surface area contributed by atoms with Crippen LogP contribution in [-0.2, 0) is 16.6 Å². The third-order valence-corrected chi connectivity index (χ3v) is 4.54. The van der Waals surface area contributed by atoms with Gasteiger partial charge in [-0.05, 0) is 30.2 Å². The lowest BCUT2D eigenvalue weighted by molar-refractivity contribution is 0.535. The smallest absolute Gasteiger partial charge is 0.229 e. The van der Waals surface area contributed by atoms with Gasteiger partial charge in [-0.1, -0.05) is 19.9 Å². The van der Waals surface area contributed by atoms with E-state index >= 15 is 0 Å². The molecule has 0 unspecified atom stereocenters. The van der Waals surface area contributed by atoms with Crippen molar-refractivity contribution in [2.24, 2.45) is 5.92 Å². The van der Waals surface area contributed by atoms with Crippen LogP contribution in [0.15, 0.2) is 42.7 Å². The number of nitriles is 1. The summed E-state index contributed by atoms with van der Waals surface area (Å²) in [6.07, 6.45) is 4.88. The molecule has 0 radical (unpaired) electrons. The molecule has 26 heavy (non-hydrogen) atoms. The molecule has 1 aromatic carbocycles. The number of hydrogen-bond donors (Lipinski definition) is 1. The Hall–Kier alpha value is -2.85. The lowest BCUT2D eigenvalue weighted by Crippen LogP contribution is -2.09. The number of pyridine rings is 1. The first-order valence-corrected chi connectivity index (χ1v) is 10.1. The Balaban J connectivity index is 2.16. The van der Waals surface area contributed by atoms with Crippen molar-refractivity contribution >= 4 is 26.6 Å². The monoisotopic (exact) mass is 368 g/mol. The molecule has 3 rings (SSSR count). The normalized spacial score (nSPS) is 11.7. The SMILES string of the molecule is CC(C)Cn1cc(-c2ccc(C#N)nc2)c2ccc(NS(C)(=O)=O)cc21. The van der Waals surface area contributed by atoms with Gasteiger partial charge in [-0.25, -0.2) is 13.4 Å². The highest BCUT2D eigenvalue weighted by Gasteiger charge is 2.13. The second-order valence-corrected chi connectivity index (χ2v) is 8.49. The molecule has 0 fully saturated rings. The third kappa shape index (κ3) is 3.86. The molecule has 0 bridgehead atoms. The molecule has 0 aliphatic carbocycles. The van der Waals surface area contributed by atoms with Crippen molar-refractivity contribution in [2.75, 3.05) is 11.0 Å². The molecular formula is C19H20N4O2S. The van der Waals surface area contributed by atoms with Crippen LogP contribution in [0.2, 0.25) is 0 Å². The third-order valence-electron chi connectivity index (χ3n) is 3.94. The highest BCUT2D eigenvalue weighted by molar-refractivity contribution is 7.92. The topological polar surface area (TPSA) is 87.8 Å². The van der Waals surface area contributed by atoms with E-state index < -0.39 is 10.0 Å². The summed E-state index contributed by atoms with van der Waals surface area (Å²) in [6.45, 7) is 5.07. The molecule has 0 amide bonds. The summed E-state index contributed by atoms with van der Waals surface area (Å²) in [5.41, 5.74) is 3.78. The van der Waals surface area contributed by atoms with Gasteiger partial charge >= 0.3 is 0 Å². The molecule has 6 nitrogen and oxygen atoms in total. The summed E-state index contributed by atoms with van der Waals surface area (Å²) >= 11 is 0.